The van der Waals surface area contributed by atoms with E-state index in [0.717, 1.165) is 5.56 Å². The molecule has 3 heterocycles. The van der Waals surface area contributed by atoms with E-state index >= 15 is 0 Å². The number of aliphatic carboxylic acids is 1. The lowest BCUT2D eigenvalue weighted by Crippen LogP contribution is -2.73. The van der Waals surface area contributed by atoms with E-state index < -0.39 is 23.7 Å². The number of carbonyl (C=O) groups excluding carboxylic acids is 2. The average Bonchev–Trinajstić information content (AvgIpc) is 2.86. The summed E-state index contributed by atoms with van der Waals surface area (Å²) >= 11 is 1.50. The van der Waals surface area contributed by atoms with Crippen LogP contribution in [0, 0.1) is 0 Å². The number of hydrogen-bond acceptors (Lipinski definition) is 5. The van der Waals surface area contributed by atoms with Gasteiger partial charge in [-0.1, -0.05) is 30.3 Å². The Morgan fingerprint density at radius 3 is 2.52 bits per heavy atom. The molecule has 1 aromatic rings. The Kier molecular flexibility index (Phi) is 4.08. The first-order valence-corrected chi connectivity index (χ1v) is 9.82. The highest BCUT2D eigenvalue weighted by atomic mass is 32.2. The van der Waals surface area contributed by atoms with Crippen LogP contribution in [0.2, 0.25) is 0 Å². The second-order valence-electron chi connectivity index (χ2n) is 7.54. The van der Waals surface area contributed by atoms with Gasteiger partial charge in [-0.2, -0.15) is 0 Å². The van der Waals surface area contributed by atoms with Crippen LogP contribution in [-0.4, -0.2) is 55.5 Å². The Labute approximate surface area is 161 Å². The van der Waals surface area contributed by atoms with Crippen LogP contribution >= 0.6 is 11.8 Å². The average molecular weight is 387 g/mol. The van der Waals surface area contributed by atoms with Gasteiger partial charge in [-0.15, -0.1) is 11.8 Å². The van der Waals surface area contributed by atoms with Crippen LogP contribution in [-0.2, 0) is 14.4 Å². The minimum atomic E-state index is -1.10. The number of nitrogens with one attached hydrogen (secondary N) is 1. The lowest BCUT2D eigenvalue weighted by Gasteiger charge is -2.54. The predicted octanol–water partition coefficient (Wildman–Crippen LogP) is 1.54. The third-order valence-electron chi connectivity index (χ3n) is 5.33. The topological polar surface area (TPSA) is 90.0 Å². The molecule has 2 fully saturated rings. The number of benzene rings is 1. The van der Waals surface area contributed by atoms with E-state index in [1.807, 2.05) is 44.2 Å². The summed E-state index contributed by atoms with van der Waals surface area (Å²) in [5.74, 6) is -1.06. The van der Waals surface area contributed by atoms with Crippen molar-refractivity contribution in [3.63, 3.8) is 0 Å². The lowest BCUT2D eigenvalue weighted by atomic mass is 9.99. The van der Waals surface area contributed by atoms with Gasteiger partial charge in [0, 0.05) is 5.75 Å². The van der Waals surface area contributed by atoms with Gasteiger partial charge < -0.3 is 10.0 Å². The lowest BCUT2D eigenvalue weighted by molar-refractivity contribution is -0.162. The Morgan fingerprint density at radius 1 is 1.22 bits per heavy atom. The van der Waals surface area contributed by atoms with Crippen molar-refractivity contribution >= 4 is 29.5 Å². The van der Waals surface area contributed by atoms with Crippen molar-refractivity contribution in [3.8, 4) is 0 Å². The zero-order valence-electron chi connectivity index (χ0n) is 15.3. The van der Waals surface area contributed by atoms with E-state index in [-0.39, 0.29) is 22.9 Å². The molecule has 0 bridgehead atoms. The van der Waals surface area contributed by atoms with E-state index in [1.54, 1.807) is 11.8 Å². The maximum Gasteiger partial charge on any atom is 0.352 e. The molecular formula is C19H21N3O4S. The molecule has 27 heavy (non-hydrogen) atoms. The number of β-lactam (4-membered cyclic amide) rings is 1. The zero-order chi connectivity index (χ0) is 19.5. The number of thioether (sulfide) groups is 1. The van der Waals surface area contributed by atoms with E-state index in [4.69, 9.17) is 0 Å². The van der Waals surface area contributed by atoms with Crippen molar-refractivity contribution in [3.05, 3.63) is 47.2 Å². The second kappa shape index (κ2) is 6.10. The van der Waals surface area contributed by atoms with Crippen molar-refractivity contribution in [1.29, 1.82) is 0 Å². The first kappa shape index (κ1) is 18.1. The van der Waals surface area contributed by atoms with E-state index in [2.05, 4.69) is 5.32 Å². The second-order valence-corrected chi connectivity index (χ2v) is 8.65. The fourth-order valence-electron chi connectivity index (χ4n) is 4.12. The largest absolute Gasteiger partial charge is 0.477 e. The molecule has 3 aliphatic heterocycles. The van der Waals surface area contributed by atoms with Crippen molar-refractivity contribution in [2.24, 2.45) is 0 Å². The van der Waals surface area contributed by atoms with Gasteiger partial charge in [-0.25, -0.2) is 4.79 Å². The molecule has 142 valence electrons. The third-order valence-corrected chi connectivity index (χ3v) is 6.74. The van der Waals surface area contributed by atoms with Gasteiger partial charge >= 0.3 is 5.97 Å². The summed E-state index contributed by atoms with van der Waals surface area (Å²) in [5.41, 5.74) is 0.851. The number of amides is 2. The van der Waals surface area contributed by atoms with Crippen LogP contribution in [0.25, 0.3) is 0 Å². The molecule has 0 radical (unpaired) electrons. The number of nitrogens with zero attached hydrogens (tertiary/aromatic N) is 2. The van der Waals surface area contributed by atoms with Gasteiger partial charge in [0.15, 0.2) is 0 Å². The van der Waals surface area contributed by atoms with Crippen molar-refractivity contribution in [2.45, 2.75) is 43.9 Å². The summed E-state index contributed by atoms with van der Waals surface area (Å²) in [4.78, 5) is 40.7. The molecule has 2 amide bonds. The maximum absolute atomic E-state index is 13.2. The quantitative estimate of drug-likeness (QED) is 0.765. The fourth-order valence-corrected chi connectivity index (χ4v) is 5.45. The van der Waals surface area contributed by atoms with Crippen molar-refractivity contribution in [1.82, 2.24) is 15.1 Å². The van der Waals surface area contributed by atoms with Crippen LogP contribution in [0.5, 0.6) is 0 Å². The van der Waals surface area contributed by atoms with Crippen LogP contribution in [0.3, 0.4) is 0 Å². The summed E-state index contributed by atoms with van der Waals surface area (Å²) in [6.45, 7) is 5.47. The molecule has 8 heteroatoms. The fraction of sp³-hybridized carbons (Fsp3) is 0.421. The monoisotopic (exact) mass is 387 g/mol. The number of carboxylic acids is 1. The molecule has 1 unspecified atom stereocenters. The van der Waals surface area contributed by atoms with Crippen LogP contribution < -0.4 is 5.32 Å². The molecule has 7 nitrogen and oxygen atoms in total. The summed E-state index contributed by atoms with van der Waals surface area (Å²) in [6, 6.07) is 8.22. The van der Waals surface area contributed by atoms with Gasteiger partial charge in [-0.3, -0.25) is 19.8 Å². The molecule has 2 saturated heterocycles. The van der Waals surface area contributed by atoms with Gasteiger partial charge in [-0.05, 0) is 31.9 Å². The van der Waals surface area contributed by atoms with Crippen molar-refractivity contribution < 1.29 is 19.5 Å². The van der Waals surface area contributed by atoms with Gasteiger partial charge in [0.1, 0.15) is 23.2 Å². The standard InChI is InChI=1S/C19H21N3O4S/c1-10-9-27-17-14(16(24)21(17)13(10)18(25)26)22-15(23)12(20-19(22,2)3)11-7-5-4-6-8-11/h4-8,12,14,17,20H,9H2,1-3H3,(H,25,26)/t12-,14?,17-/m1/s1. The molecule has 0 aliphatic carbocycles. The smallest absolute Gasteiger partial charge is 0.352 e. The number of rotatable bonds is 3. The van der Waals surface area contributed by atoms with Crippen LogP contribution in [0.15, 0.2) is 41.6 Å². The summed E-state index contributed by atoms with van der Waals surface area (Å²) in [6.07, 6.45) is 0. The molecule has 1 aromatic carbocycles. The minimum Gasteiger partial charge on any atom is -0.477 e. The Balaban J connectivity index is 1.66. The number of carboxylic acid groups (broad SMARTS) is 1. The highest BCUT2D eigenvalue weighted by molar-refractivity contribution is 8.00. The molecule has 0 aromatic heterocycles. The van der Waals surface area contributed by atoms with Gasteiger partial charge in [0.25, 0.3) is 5.91 Å². The highest BCUT2D eigenvalue weighted by Crippen LogP contribution is 2.46. The maximum atomic E-state index is 13.2. The molecular weight excluding hydrogens is 366 g/mol. The molecule has 3 atom stereocenters. The number of hydrogen-bond donors (Lipinski definition) is 2. The summed E-state index contributed by atoms with van der Waals surface area (Å²) < 4.78 is 0. The zero-order valence-corrected chi connectivity index (χ0v) is 16.1. The Hall–Kier alpha value is -2.32. The Bertz CT molecular complexity index is 867. The van der Waals surface area contributed by atoms with E-state index in [1.165, 1.54) is 16.7 Å². The number of fused-ring (bicyclic) bond motifs is 1. The van der Waals surface area contributed by atoms with Gasteiger partial charge in [0.05, 0.1) is 5.66 Å². The van der Waals surface area contributed by atoms with Gasteiger partial charge in [0.2, 0.25) is 5.91 Å². The normalized spacial score (nSPS) is 29.7. The molecule has 0 saturated carbocycles. The minimum absolute atomic E-state index is 0.0528. The Morgan fingerprint density at radius 2 is 1.89 bits per heavy atom. The third kappa shape index (κ3) is 2.58. The molecule has 2 N–H and O–H groups in total. The summed E-state index contributed by atoms with van der Waals surface area (Å²) in [5, 5.41) is 12.4. The predicted molar refractivity (Wildman–Crippen MR) is 100 cm³/mol. The molecule has 3 aliphatic rings. The first-order chi connectivity index (χ1) is 12.7. The van der Waals surface area contributed by atoms with E-state index in [9.17, 15) is 19.5 Å². The molecule has 4 rings (SSSR count). The first-order valence-electron chi connectivity index (χ1n) is 8.77. The highest BCUT2D eigenvalue weighted by Gasteiger charge is 2.61. The van der Waals surface area contributed by atoms with Crippen molar-refractivity contribution in [2.75, 3.05) is 5.75 Å². The summed E-state index contributed by atoms with van der Waals surface area (Å²) in [7, 11) is 0. The van der Waals surface area contributed by atoms with Crippen LogP contribution in [0.4, 0.5) is 0 Å². The van der Waals surface area contributed by atoms with Crippen LogP contribution in [0.1, 0.15) is 32.4 Å². The number of carbonyl (C=O) groups is 3. The SMILES string of the molecule is CC1=C(C(=O)O)N2C(=O)C(N3C(=O)[C@@H](c4ccccc4)NC3(C)C)[C@H]2SC1. The van der Waals surface area contributed by atoms with E-state index in [0.29, 0.717) is 11.3 Å². The molecule has 0 spiro atoms.